The number of pyridine rings is 1. The fraction of sp³-hybridized carbons (Fsp3) is 0.259. The number of carbonyl (C=O) groups is 2. The van der Waals surface area contributed by atoms with Gasteiger partial charge in [0.1, 0.15) is 0 Å². The molecule has 1 aliphatic rings. The highest BCUT2D eigenvalue weighted by Gasteiger charge is 2.30. The molecule has 4 aromatic rings. The monoisotopic (exact) mass is 485 g/mol. The second kappa shape index (κ2) is 10.7. The van der Waals surface area contributed by atoms with E-state index in [2.05, 4.69) is 22.4 Å². The van der Waals surface area contributed by atoms with Crippen molar-refractivity contribution < 1.29 is 9.59 Å². The van der Waals surface area contributed by atoms with Crippen LogP contribution in [-0.2, 0) is 43.7 Å². The number of fused-ring (bicyclic) bond motifs is 1. The van der Waals surface area contributed by atoms with Crippen molar-refractivity contribution >= 4 is 23.2 Å². The minimum atomic E-state index is -0.238. The largest absolute Gasteiger partial charge is 0.345 e. The summed E-state index contributed by atoms with van der Waals surface area (Å²) in [5, 5.41) is 11.7. The van der Waals surface area contributed by atoms with Gasteiger partial charge in [0.15, 0.2) is 5.69 Å². The third-order valence-electron chi connectivity index (χ3n) is 6.25. The van der Waals surface area contributed by atoms with Crippen molar-refractivity contribution in [3.8, 4) is 0 Å². The van der Waals surface area contributed by atoms with E-state index >= 15 is 0 Å². The summed E-state index contributed by atoms with van der Waals surface area (Å²) in [6.07, 6.45) is 3.59. The van der Waals surface area contributed by atoms with Gasteiger partial charge in [0.25, 0.3) is 5.91 Å². The Hall–Kier alpha value is -3.78. The average molecular weight is 486 g/mol. The number of rotatable bonds is 8. The highest BCUT2D eigenvalue weighted by molar-refractivity contribution is 7.08. The zero-order chi connectivity index (χ0) is 24.0. The fourth-order valence-electron chi connectivity index (χ4n) is 4.39. The average Bonchev–Trinajstić information content (AvgIpc) is 3.55. The van der Waals surface area contributed by atoms with Gasteiger partial charge in [0, 0.05) is 43.5 Å². The number of nitrogens with one attached hydrogen (secondary N) is 1. The second-order valence-corrected chi connectivity index (χ2v) is 9.39. The maximum atomic E-state index is 13.2. The third kappa shape index (κ3) is 5.49. The number of benzene rings is 1. The second-order valence-electron chi connectivity index (χ2n) is 8.61. The van der Waals surface area contributed by atoms with Crippen LogP contribution in [0.25, 0.3) is 0 Å². The molecule has 0 unspecified atom stereocenters. The van der Waals surface area contributed by atoms with E-state index in [4.69, 9.17) is 5.10 Å². The smallest absolute Gasteiger partial charge is 0.272 e. The molecular weight excluding hydrogens is 458 g/mol. The summed E-state index contributed by atoms with van der Waals surface area (Å²) in [4.78, 5) is 32.3. The van der Waals surface area contributed by atoms with Crippen LogP contribution in [0.5, 0.6) is 0 Å². The van der Waals surface area contributed by atoms with Gasteiger partial charge in [-0.15, -0.1) is 0 Å². The lowest BCUT2D eigenvalue weighted by Crippen LogP contribution is -2.38. The molecule has 0 saturated carbocycles. The topological polar surface area (TPSA) is 80.1 Å². The number of carbonyl (C=O) groups excluding carboxylic acids is 2. The Morgan fingerprint density at radius 2 is 1.89 bits per heavy atom. The van der Waals surface area contributed by atoms with Gasteiger partial charge in [0.2, 0.25) is 5.91 Å². The number of thiophene rings is 1. The maximum absolute atomic E-state index is 13.2. The Labute approximate surface area is 208 Å². The minimum Gasteiger partial charge on any atom is -0.345 e. The first-order valence-corrected chi connectivity index (χ1v) is 12.7. The highest BCUT2D eigenvalue weighted by Crippen LogP contribution is 2.24. The van der Waals surface area contributed by atoms with Crippen molar-refractivity contribution in [2.24, 2.45) is 0 Å². The van der Waals surface area contributed by atoms with E-state index in [0.29, 0.717) is 44.7 Å². The van der Waals surface area contributed by atoms with Crippen molar-refractivity contribution in [1.82, 2.24) is 25.0 Å². The van der Waals surface area contributed by atoms with Gasteiger partial charge >= 0.3 is 0 Å². The van der Waals surface area contributed by atoms with Crippen LogP contribution in [0.15, 0.2) is 71.6 Å². The van der Waals surface area contributed by atoms with Crippen molar-refractivity contribution in [2.75, 3.05) is 6.54 Å². The van der Waals surface area contributed by atoms with Gasteiger partial charge in [-0.25, -0.2) is 0 Å². The lowest BCUT2D eigenvalue weighted by molar-refractivity contribution is -0.131. The van der Waals surface area contributed by atoms with E-state index in [0.717, 1.165) is 28.9 Å². The van der Waals surface area contributed by atoms with Gasteiger partial charge < -0.3 is 10.2 Å². The number of nitrogens with zero attached hydrogens (tertiary/aromatic N) is 4. The van der Waals surface area contributed by atoms with Crippen LogP contribution >= 0.6 is 11.3 Å². The summed E-state index contributed by atoms with van der Waals surface area (Å²) in [5.74, 6) is -0.163. The minimum absolute atomic E-state index is 0.0749. The van der Waals surface area contributed by atoms with Crippen molar-refractivity contribution in [1.29, 1.82) is 0 Å². The summed E-state index contributed by atoms with van der Waals surface area (Å²) < 4.78 is 1.96. The van der Waals surface area contributed by atoms with E-state index in [1.165, 1.54) is 5.56 Å². The molecule has 0 radical (unpaired) electrons. The van der Waals surface area contributed by atoms with Crippen molar-refractivity contribution in [3.05, 3.63) is 105 Å². The van der Waals surface area contributed by atoms with E-state index in [1.807, 2.05) is 62.8 Å². The number of hydrogen-bond acceptors (Lipinski definition) is 5. The van der Waals surface area contributed by atoms with Crippen LogP contribution in [0.3, 0.4) is 0 Å². The predicted octanol–water partition coefficient (Wildman–Crippen LogP) is 3.64. The standard InChI is InChI=1S/C27H27N5O2S/c33-25(16-21-11-15-35-19-21)31-13-10-24-23(18-31)26(27(34)29-17-22-8-4-5-12-28-22)30-32(24)14-9-20-6-2-1-3-7-20/h1-8,11-12,15,19H,9-10,13-14,16-18H2,(H,29,34). The summed E-state index contributed by atoms with van der Waals surface area (Å²) >= 11 is 1.59. The summed E-state index contributed by atoms with van der Waals surface area (Å²) in [6.45, 7) is 2.03. The van der Waals surface area contributed by atoms with Gasteiger partial charge in [-0.1, -0.05) is 36.4 Å². The third-order valence-corrected chi connectivity index (χ3v) is 6.98. The highest BCUT2D eigenvalue weighted by atomic mass is 32.1. The molecule has 0 aliphatic carbocycles. The Kier molecular flexibility index (Phi) is 6.99. The van der Waals surface area contributed by atoms with Crippen LogP contribution in [0.2, 0.25) is 0 Å². The van der Waals surface area contributed by atoms with Crippen LogP contribution in [0, 0.1) is 0 Å². The first-order valence-electron chi connectivity index (χ1n) is 11.8. The molecule has 5 rings (SSSR count). The van der Waals surface area contributed by atoms with E-state index in [9.17, 15) is 9.59 Å². The number of aromatic nitrogens is 3. The Bertz CT molecular complexity index is 1290. The van der Waals surface area contributed by atoms with Gasteiger partial charge in [-0.2, -0.15) is 16.4 Å². The summed E-state index contributed by atoms with van der Waals surface area (Å²) in [7, 11) is 0. The molecule has 0 saturated heterocycles. The lowest BCUT2D eigenvalue weighted by Gasteiger charge is -2.28. The molecule has 1 aliphatic heterocycles. The van der Waals surface area contributed by atoms with E-state index < -0.39 is 0 Å². The molecule has 4 heterocycles. The maximum Gasteiger partial charge on any atom is 0.272 e. The van der Waals surface area contributed by atoms with Crippen LogP contribution in [0.4, 0.5) is 0 Å². The molecule has 1 N–H and O–H groups in total. The van der Waals surface area contributed by atoms with E-state index in [1.54, 1.807) is 17.5 Å². The normalized spacial score (nSPS) is 12.9. The van der Waals surface area contributed by atoms with Crippen LogP contribution in [-0.4, -0.2) is 38.0 Å². The molecule has 178 valence electrons. The van der Waals surface area contributed by atoms with Gasteiger partial charge in [-0.05, 0) is 46.5 Å². The summed E-state index contributed by atoms with van der Waals surface area (Å²) in [6, 6.07) is 17.9. The zero-order valence-corrected chi connectivity index (χ0v) is 20.2. The molecule has 3 aromatic heterocycles. The molecule has 35 heavy (non-hydrogen) atoms. The number of amides is 2. The quantitative estimate of drug-likeness (QED) is 0.413. The van der Waals surface area contributed by atoms with Gasteiger partial charge in [-0.3, -0.25) is 19.3 Å². The Morgan fingerprint density at radius 1 is 1.03 bits per heavy atom. The zero-order valence-electron chi connectivity index (χ0n) is 19.4. The molecular formula is C27H27N5O2S. The summed E-state index contributed by atoms with van der Waals surface area (Å²) in [5.41, 5.74) is 5.33. The van der Waals surface area contributed by atoms with E-state index in [-0.39, 0.29) is 11.8 Å². The molecule has 0 bridgehead atoms. The Morgan fingerprint density at radius 3 is 2.66 bits per heavy atom. The SMILES string of the molecule is O=C(NCc1ccccn1)c1nn(CCc2ccccc2)c2c1CN(C(=O)Cc1ccsc1)CC2. The predicted molar refractivity (Wildman–Crippen MR) is 135 cm³/mol. The molecule has 0 fully saturated rings. The van der Waals surface area contributed by atoms with Gasteiger partial charge in [0.05, 0.1) is 18.7 Å². The first-order chi connectivity index (χ1) is 17.2. The van der Waals surface area contributed by atoms with Crippen LogP contribution < -0.4 is 5.32 Å². The molecule has 7 nitrogen and oxygen atoms in total. The lowest BCUT2D eigenvalue weighted by atomic mass is 10.0. The molecule has 0 atom stereocenters. The molecule has 0 spiro atoms. The number of aryl methyl sites for hydroxylation is 2. The molecule has 2 amide bonds. The fourth-order valence-corrected chi connectivity index (χ4v) is 5.06. The molecule has 8 heteroatoms. The molecule has 1 aromatic carbocycles. The van der Waals surface area contributed by atoms with Crippen molar-refractivity contribution in [3.63, 3.8) is 0 Å². The first kappa shape index (κ1) is 23.0. The van der Waals surface area contributed by atoms with Crippen molar-refractivity contribution in [2.45, 2.75) is 38.9 Å². The Balaban J connectivity index is 1.36. The van der Waals surface area contributed by atoms with Crippen LogP contribution in [0.1, 0.15) is 38.6 Å². The number of hydrogen-bond donors (Lipinski definition) is 1.